The second-order valence-corrected chi connectivity index (χ2v) is 5.04. The lowest BCUT2D eigenvalue weighted by Gasteiger charge is -2.08. The van der Waals surface area contributed by atoms with Gasteiger partial charge in [-0.25, -0.2) is 4.79 Å². The van der Waals surface area contributed by atoms with Crippen LogP contribution in [0.5, 0.6) is 5.75 Å². The van der Waals surface area contributed by atoms with Crippen LogP contribution in [0.3, 0.4) is 0 Å². The zero-order chi connectivity index (χ0) is 15.8. The van der Waals surface area contributed by atoms with Gasteiger partial charge >= 0.3 is 6.09 Å². The summed E-state index contributed by atoms with van der Waals surface area (Å²) in [5.74, 6) is 5.63. The predicted octanol–water partition coefficient (Wildman–Crippen LogP) is 1.79. The molecule has 0 radical (unpaired) electrons. The smallest absolute Gasteiger partial charge is 0.404 e. The van der Waals surface area contributed by atoms with Crippen molar-refractivity contribution < 1.29 is 19.7 Å². The molecule has 0 aromatic heterocycles. The summed E-state index contributed by atoms with van der Waals surface area (Å²) in [6.07, 6.45) is -0.429. The molecule has 1 aromatic rings. The Hall–Kier alpha value is -2.19. The number of carbonyl (C=O) groups excluding carboxylic acids is 1. The van der Waals surface area contributed by atoms with Crippen LogP contribution >= 0.6 is 0 Å². The Morgan fingerprint density at radius 1 is 1.43 bits per heavy atom. The number of phenolic OH excluding ortho intramolecular Hbond substituents is 1. The van der Waals surface area contributed by atoms with Gasteiger partial charge in [0.05, 0.1) is 12.2 Å². The highest BCUT2D eigenvalue weighted by Crippen LogP contribution is 2.23. The molecule has 0 aliphatic rings. The number of primary amides is 1. The van der Waals surface area contributed by atoms with E-state index in [9.17, 15) is 15.0 Å². The van der Waals surface area contributed by atoms with Gasteiger partial charge in [-0.05, 0) is 30.4 Å². The fourth-order valence-electron chi connectivity index (χ4n) is 1.65. The lowest BCUT2D eigenvalue weighted by molar-refractivity contribution is 0.155. The maximum absolute atomic E-state index is 10.4. The van der Waals surface area contributed by atoms with E-state index in [0.29, 0.717) is 24.0 Å². The van der Waals surface area contributed by atoms with Crippen LogP contribution in [0.15, 0.2) is 18.2 Å². The van der Waals surface area contributed by atoms with Crippen LogP contribution < -0.4 is 5.73 Å². The molecule has 0 saturated carbocycles. The number of benzene rings is 1. The molecule has 4 N–H and O–H groups in total. The standard InChI is InChI=1S/C16H21NO4/c1-11(2)14(18)9-8-13-6-3-5-12(15(13)19)7-4-10-21-16(17)20/h3,5-6,11,14,18-19H,4,7,10H2,1-2H3,(H2,17,20). The third-order valence-electron chi connectivity index (χ3n) is 2.94. The fourth-order valence-corrected chi connectivity index (χ4v) is 1.65. The van der Waals surface area contributed by atoms with Gasteiger partial charge in [-0.2, -0.15) is 0 Å². The number of para-hydroxylation sites is 1. The molecule has 114 valence electrons. The van der Waals surface area contributed by atoms with Crippen LogP contribution in [0.25, 0.3) is 0 Å². The summed E-state index contributed by atoms with van der Waals surface area (Å²) >= 11 is 0. The number of aliphatic hydroxyl groups excluding tert-OH is 1. The average Bonchev–Trinajstić information content (AvgIpc) is 2.43. The van der Waals surface area contributed by atoms with Crippen molar-refractivity contribution in [2.24, 2.45) is 11.7 Å². The van der Waals surface area contributed by atoms with Crippen LogP contribution in [-0.4, -0.2) is 29.0 Å². The summed E-state index contributed by atoms with van der Waals surface area (Å²) in [7, 11) is 0. The molecule has 0 aliphatic heterocycles. The maximum atomic E-state index is 10.4. The summed E-state index contributed by atoms with van der Waals surface area (Å²) in [6.45, 7) is 3.94. The monoisotopic (exact) mass is 291 g/mol. The molecule has 0 aliphatic carbocycles. The summed E-state index contributed by atoms with van der Waals surface area (Å²) in [5.41, 5.74) is 6.06. The van der Waals surface area contributed by atoms with Crippen molar-refractivity contribution in [3.05, 3.63) is 29.3 Å². The van der Waals surface area contributed by atoms with Gasteiger partial charge in [0, 0.05) is 0 Å². The number of carbonyl (C=O) groups is 1. The first-order valence-electron chi connectivity index (χ1n) is 6.84. The molecule has 0 heterocycles. The zero-order valence-electron chi connectivity index (χ0n) is 12.3. The number of phenols is 1. The van der Waals surface area contributed by atoms with Gasteiger partial charge in [0.2, 0.25) is 0 Å². The third-order valence-corrected chi connectivity index (χ3v) is 2.94. The van der Waals surface area contributed by atoms with E-state index in [0.717, 1.165) is 0 Å². The third kappa shape index (κ3) is 5.76. The minimum atomic E-state index is -0.804. The number of aromatic hydroxyl groups is 1. The van der Waals surface area contributed by atoms with E-state index in [1.165, 1.54) is 0 Å². The Morgan fingerprint density at radius 3 is 2.76 bits per heavy atom. The zero-order valence-corrected chi connectivity index (χ0v) is 12.3. The minimum absolute atomic E-state index is 0.0359. The van der Waals surface area contributed by atoms with E-state index < -0.39 is 12.2 Å². The first-order chi connectivity index (χ1) is 9.91. The number of aryl methyl sites for hydroxylation is 1. The van der Waals surface area contributed by atoms with Crippen molar-refractivity contribution in [1.29, 1.82) is 0 Å². The molecule has 0 saturated heterocycles. The Labute approximate surface area is 124 Å². The van der Waals surface area contributed by atoms with Gasteiger partial charge in [0.1, 0.15) is 11.9 Å². The summed E-state index contributed by atoms with van der Waals surface area (Å²) in [4.78, 5) is 10.4. The summed E-state index contributed by atoms with van der Waals surface area (Å²) in [6, 6.07) is 5.26. The van der Waals surface area contributed by atoms with Gasteiger partial charge < -0.3 is 20.7 Å². The molecule has 0 spiro atoms. The van der Waals surface area contributed by atoms with E-state index in [-0.39, 0.29) is 18.3 Å². The predicted molar refractivity (Wildman–Crippen MR) is 79.7 cm³/mol. The first-order valence-corrected chi connectivity index (χ1v) is 6.84. The molecule has 21 heavy (non-hydrogen) atoms. The molecule has 1 rings (SSSR count). The number of hydrogen-bond acceptors (Lipinski definition) is 4. The number of ether oxygens (including phenoxy) is 1. The van der Waals surface area contributed by atoms with E-state index in [2.05, 4.69) is 16.6 Å². The quantitative estimate of drug-likeness (QED) is 0.569. The molecule has 5 nitrogen and oxygen atoms in total. The van der Waals surface area contributed by atoms with Gasteiger partial charge in [-0.15, -0.1) is 0 Å². The number of rotatable bonds is 5. The Kier molecular flexibility index (Phi) is 6.57. The summed E-state index contributed by atoms with van der Waals surface area (Å²) in [5, 5.41) is 19.8. The fraction of sp³-hybridized carbons (Fsp3) is 0.438. The minimum Gasteiger partial charge on any atom is -0.506 e. The molecule has 0 bridgehead atoms. The van der Waals surface area contributed by atoms with Crippen LogP contribution in [-0.2, 0) is 11.2 Å². The van der Waals surface area contributed by atoms with Crippen molar-refractivity contribution >= 4 is 6.09 Å². The molecule has 1 unspecified atom stereocenters. The Morgan fingerprint density at radius 2 is 2.14 bits per heavy atom. The maximum Gasteiger partial charge on any atom is 0.404 e. The lowest BCUT2D eigenvalue weighted by Crippen LogP contribution is -2.14. The molecule has 0 fully saturated rings. The topological polar surface area (TPSA) is 92.8 Å². The highest BCUT2D eigenvalue weighted by atomic mass is 16.5. The van der Waals surface area contributed by atoms with E-state index in [4.69, 9.17) is 5.73 Å². The van der Waals surface area contributed by atoms with Crippen molar-refractivity contribution in [2.75, 3.05) is 6.61 Å². The molecule has 1 atom stereocenters. The van der Waals surface area contributed by atoms with E-state index in [1.807, 2.05) is 13.8 Å². The molecular weight excluding hydrogens is 270 g/mol. The average molecular weight is 291 g/mol. The molecule has 1 amide bonds. The highest BCUT2D eigenvalue weighted by Gasteiger charge is 2.07. The number of aliphatic hydroxyl groups is 1. The van der Waals surface area contributed by atoms with Gasteiger partial charge in [0.15, 0.2) is 0 Å². The molecule has 1 aromatic carbocycles. The molecular formula is C16H21NO4. The highest BCUT2D eigenvalue weighted by molar-refractivity contribution is 5.64. The second-order valence-electron chi connectivity index (χ2n) is 5.04. The van der Waals surface area contributed by atoms with E-state index in [1.54, 1.807) is 18.2 Å². The number of nitrogens with two attached hydrogens (primary N) is 1. The van der Waals surface area contributed by atoms with Gasteiger partial charge in [-0.1, -0.05) is 37.8 Å². The Balaban J connectivity index is 2.72. The summed E-state index contributed by atoms with van der Waals surface area (Å²) < 4.78 is 4.64. The van der Waals surface area contributed by atoms with E-state index >= 15 is 0 Å². The lowest BCUT2D eigenvalue weighted by atomic mass is 10.0. The van der Waals surface area contributed by atoms with Crippen LogP contribution in [0.1, 0.15) is 31.4 Å². The van der Waals surface area contributed by atoms with Gasteiger partial charge in [-0.3, -0.25) is 0 Å². The van der Waals surface area contributed by atoms with Crippen molar-refractivity contribution in [2.45, 2.75) is 32.8 Å². The van der Waals surface area contributed by atoms with Crippen molar-refractivity contribution in [3.63, 3.8) is 0 Å². The van der Waals surface area contributed by atoms with Crippen molar-refractivity contribution in [1.82, 2.24) is 0 Å². The van der Waals surface area contributed by atoms with Gasteiger partial charge in [0.25, 0.3) is 0 Å². The first kappa shape index (κ1) is 16.9. The number of amides is 1. The van der Waals surface area contributed by atoms with Crippen LogP contribution in [0.4, 0.5) is 4.79 Å². The van der Waals surface area contributed by atoms with Crippen molar-refractivity contribution in [3.8, 4) is 17.6 Å². The van der Waals surface area contributed by atoms with Crippen LogP contribution in [0, 0.1) is 17.8 Å². The largest absolute Gasteiger partial charge is 0.506 e. The SMILES string of the molecule is CC(C)C(O)C#Cc1cccc(CCCOC(N)=O)c1O. The Bertz CT molecular complexity index is 543. The molecule has 5 heteroatoms. The number of hydrogen-bond donors (Lipinski definition) is 3. The van der Waals surface area contributed by atoms with Crippen LogP contribution in [0.2, 0.25) is 0 Å². The second kappa shape index (κ2) is 8.18. The normalized spacial score (nSPS) is 11.6.